The maximum atomic E-state index is 14.8. The number of carbonyl (C=O) groups excluding carboxylic acids is 3. The molecule has 0 saturated heterocycles. The van der Waals surface area contributed by atoms with Gasteiger partial charge in [0.1, 0.15) is 22.9 Å². The van der Waals surface area contributed by atoms with Crippen LogP contribution in [0.5, 0.6) is 0 Å². The van der Waals surface area contributed by atoms with E-state index >= 15 is 0 Å². The van der Waals surface area contributed by atoms with Gasteiger partial charge in [0.25, 0.3) is 0 Å². The van der Waals surface area contributed by atoms with Crippen LogP contribution in [-0.4, -0.2) is 76.7 Å². The highest BCUT2D eigenvalue weighted by molar-refractivity contribution is 7.99. The Bertz CT molecular complexity index is 2280. The van der Waals surface area contributed by atoms with Gasteiger partial charge in [0.15, 0.2) is 0 Å². The number of hydrogen-bond donors (Lipinski definition) is 8. The molecule has 0 fully saturated rings. The van der Waals surface area contributed by atoms with Gasteiger partial charge in [-0.15, -0.1) is 0 Å². The topological polar surface area (TPSA) is 236 Å². The Morgan fingerprint density at radius 2 is 1.66 bits per heavy atom. The van der Waals surface area contributed by atoms with Crippen LogP contribution >= 0.6 is 11.8 Å². The van der Waals surface area contributed by atoms with Crippen LogP contribution < -0.4 is 39.0 Å². The van der Waals surface area contributed by atoms with Crippen molar-refractivity contribution in [3.05, 3.63) is 113 Å². The number of pyridine rings is 1. The first-order valence-corrected chi connectivity index (χ1v) is 20.9. The average molecular weight is 818 g/mol. The van der Waals surface area contributed by atoms with E-state index in [1.807, 2.05) is 79.9 Å². The highest BCUT2D eigenvalue weighted by Crippen LogP contribution is 2.39. The number of aryl methyl sites for hydroxylation is 1. The number of unbranched alkanes of at least 4 members (excludes halogenated alkanes) is 1. The molecule has 310 valence electrons. The summed E-state index contributed by atoms with van der Waals surface area (Å²) in [5.41, 5.74) is 24.9. The van der Waals surface area contributed by atoms with E-state index in [0.717, 1.165) is 54.2 Å². The number of nitrogens with two attached hydrogens (primary N) is 4. The van der Waals surface area contributed by atoms with Crippen molar-refractivity contribution < 1.29 is 14.4 Å². The van der Waals surface area contributed by atoms with E-state index in [1.165, 1.54) is 16.7 Å². The molecule has 0 saturated carbocycles. The average Bonchev–Trinajstić information content (AvgIpc) is 3.67. The summed E-state index contributed by atoms with van der Waals surface area (Å²) < 4.78 is 0. The molecule has 1 aliphatic heterocycles. The molecule has 15 heteroatoms. The number of hydrazone groups is 1. The largest absolute Gasteiger partial charge is 0.382 e. The van der Waals surface area contributed by atoms with Gasteiger partial charge in [0.2, 0.25) is 17.7 Å². The van der Waals surface area contributed by atoms with Crippen molar-refractivity contribution in [3.8, 4) is 11.1 Å². The van der Waals surface area contributed by atoms with Gasteiger partial charge in [-0.1, -0.05) is 72.4 Å². The monoisotopic (exact) mass is 817 g/mol. The van der Waals surface area contributed by atoms with Gasteiger partial charge in [-0.25, -0.2) is 4.98 Å². The Morgan fingerprint density at radius 1 is 0.898 bits per heavy atom. The first-order valence-electron chi connectivity index (χ1n) is 20.0. The summed E-state index contributed by atoms with van der Waals surface area (Å²) >= 11 is 1.51. The number of rotatable bonds is 11. The van der Waals surface area contributed by atoms with Crippen LogP contribution in [0.2, 0.25) is 0 Å². The van der Waals surface area contributed by atoms with Crippen LogP contribution in [0.25, 0.3) is 22.0 Å². The number of amidine groups is 1. The molecule has 2 aromatic heterocycles. The first kappa shape index (κ1) is 42.9. The van der Waals surface area contributed by atoms with E-state index in [-0.39, 0.29) is 36.5 Å². The Balaban J connectivity index is 1.48. The molecule has 5 aromatic rings. The Hall–Kier alpha value is -5.74. The number of likely N-dealkylation sites (N-methyl/N-ethyl adjacent to an activating group) is 1. The van der Waals surface area contributed by atoms with Crippen LogP contribution in [-0.2, 0) is 33.9 Å². The van der Waals surface area contributed by atoms with Crippen molar-refractivity contribution >= 4 is 46.2 Å². The number of nitrogens with one attached hydrogen (secondary N) is 4. The van der Waals surface area contributed by atoms with E-state index in [0.29, 0.717) is 57.3 Å². The zero-order chi connectivity index (χ0) is 41.9. The minimum Gasteiger partial charge on any atom is -0.382 e. The number of aromatic nitrogens is 2. The number of amides is 3. The highest BCUT2D eigenvalue weighted by atomic mass is 32.2. The summed E-state index contributed by atoms with van der Waals surface area (Å²) in [5.74, 6) is 4.67. The zero-order valence-corrected chi connectivity index (χ0v) is 34.5. The fourth-order valence-electron chi connectivity index (χ4n) is 7.49. The van der Waals surface area contributed by atoms with E-state index in [4.69, 9.17) is 28.0 Å². The number of fused-ring (bicyclic) bond motifs is 3. The van der Waals surface area contributed by atoms with Crippen molar-refractivity contribution in [2.24, 2.45) is 28.1 Å². The third-order valence-electron chi connectivity index (χ3n) is 10.9. The van der Waals surface area contributed by atoms with E-state index < -0.39 is 18.1 Å². The predicted octanol–water partition coefficient (Wildman–Crippen LogP) is 3.78. The maximum absolute atomic E-state index is 14.8. The normalized spacial score (nSPS) is 18.5. The van der Waals surface area contributed by atoms with Crippen LogP contribution in [0.1, 0.15) is 59.9 Å². The number of para-hydroxylation sites is 1. The van der Waals surface area contributed by atoms with Crippen molar-refractivity contribution in [1.82, 2.24) is 30.8 Å². The number of benzene rings is 3. The number of hydrogen-bond acceptors (Lipinski definition) is 10. The number of nitrogens with zero attached hydrogens (tertiary/aromatic N) is 3. The lowest BCUT2D eigenvalue weighted by molar-refractivity contribution is -0.142. The van der Waals surface area contributed by atoms with E-state index in [2.05, 4.69) is 32.1 Å². The van der Waals surface area contributed by atoms with Gasteiger partial charge in [-0.2, -0.15) is 5.10 Å². The second-order valence-electron chi connectivity index (χ2n) is 14.9. The van der Waals surface area contributed by atoms with Gasteiger partial charge in [-0.3, -0.25) is 14.4 Å². The number of H-pyrrole nitrogens is 1. The van der Waals surface area contributed by atoms with Crippen molar-refractivity contribution in [3.63, 3.8) is 0 Å². The molecule has 0 aliphatic carbocycles. The Labute approximate surface area is 349 Å². The molecule has 3 aromatic carbocycles. The Kier molecular flexibility index (Phi) is 14.7. The van der Waals surface area contributed by atoms with Crippen molar-refractivity contribution in [1.29, 1.82) is 0 Å². The third kappa shape index (κ3) is 10.3. The summed E-state index contributed by atoms with van der Waals surface area (Å²) in [6, 6.07) is 21.0. The molecule has 14 nitrogen and oxygen atoms in total. The van der Waals surface area contributed by atoms with E-state index in [1.54, 1.807) is 13.2 Å². The maximum Gasteiger partial charge on any atom is 0.245 e. The van der Waals surface area contributed by atoms with Gasteiger partial charge >= 0.3 is 0 Å². The molecule has 0 bridgehead atoms. The van der Waals surface area contributed by atoms with Crippen LogP contribution in [0.3, 0.4) is 0 Å². The lowest BCUT2D eigenvalue weighted by Gasteiger charge is -2.32. The zero-order valence-electron chi connectivity index (χ0n) is 33.7. The minimum absolute atomic E-state index is 0.150. The first-order chi connectivity index (χ1) is 28.6. The second kappa shape index (κ2) is 20.3. The lowest BCUT2D eigenvalue weighted by Crippen LogP contribution is -2.57. The van der Waals surface area contributed by atoms with E-state index in [9.17, 15) is 14.4 Å². The molecular weight excluding hydrogens is 763 g/mol. The third-order valence-corrected chi connectivity index (χ3v) is 12.2. The minimum atomic E-state index is -0.929. The van der Waals surface area contributed by atoms with Crippen LogP contribution in [0, 0.1) is 6.92 Å². The summed E-state index contributed by atoms with van der Waals surface area (Å²) in [4.78, 5) is 54.1. The smallest absolute Gasteiger partial charge is 0.245 e. The second-order valence-corrected chi connectivity index (χ2v) is 15.9. The highest BCUT2D eigenvalue weighted by Gasteiger charge is 2.34. The molecule has 3 amide bonds. The number of carbonyl (C=O) groups is 3. The Morgan fingerprint density at radius 3 is 2.42 bits per heavy atom. The number of aromatic amines is 1. The standard InChI is InChI=1S/C44H55N11O3S/c1-27-14-19-32(28-15-17-29(18-16-28)40(47)54-48)34-26-52-42(57)38(23-31-25-50-35-11-4-3-10-33(31)35)55(2)44(58)37(12-5-6-20-45)53-41(56)36(13-7-21-46)51-24-30-9-8-22-49-43(30)59-39(27)34/h3-4,8-11,14-19,22,25,36-38,50-51H,5-7,12-13,20-21,23-24,26,45-46,48H2,1-2H3,(H2,47,54)(H,52,57)(H,53,56)/t36-,37-,38-/m0/s1. The molecule has 3 atom stereocenters. The molecule has 0 spiro atoms. The van der Waals surface area contributed by atoms with Gasteiger partial charge < -0.3 is 48.9 Å². The summed E-state index contributed by atoms with van der Waals surface area (Å²) in [7, 11) is 1.64. The van der Waals surface area contributed by atoms with Gasteiger partial charge in [0, 0.05) is 60.3 Å². The molecule has 0 unspecified atom stereocenters. The van der Waals surface area contributed by atoms with Gasteiger partial charge in [0.05, 0.1) is 6.04 Å². The molecular formula is C44H55N11O3S. The fraction of sp³-hybridized carbons (Fsp3) is 0.341. The molecule has 1 aliphatic rings. The fourth-order valence-corrected chi connectivity index (χ4v) is 8.60. The molecule has 0 radical (unpaired) electrons. The molecule has 6 rings (SSSR count). The van der Waals surface area contributed by atoms with Crippen molar-refractivity contribution in [2.45, 2.75) is 86.6 Å². The molecule has 59 heavy (non-hydrogen) atoms. The quantitative estimate of drug-likeness (QED) is 0.0316. The molecule has 12 N–H and O–H groups in total. The van der Waals surface area contributed by atoms with Gasteiger partial charge in [-0.05, 0) is 97.6 Å². The van der Waals surface area contributed by atoms with Crippen LogP contribution in [0.4, 0.5) is 0 Å². The SMILES string of the molecule is Cc1ccc(-c2ccc(/C(N)=N/N)cc2)c2c1Sc1ncccc1CN[C@@H](CCCN)C(=O)N[C@@H](CCCCN)C(=O)N(C)[C@@H](Cc1c[nH]c3ccccc13)C(=O)NC2. The lowest BCUT2D eigenvalue weighted by atomic mass is 9.96. The summed E-state index contributed by atoms with van der Waals surface area (Å²) in [6.45, 7) is 3.38. The van der Waals surface area contributed by atoms with Crippen LogP contribution in [0.15, 0.2) is 100 Å². The molecule has 3 heterocycles. The summed E-state index contributed by atoms with van der Waals surface area (Å²) in [6.07, 6.45) is 6.57. The summed E-state index contributed by atoms with van der Waals surface area (Å²) in [5, 5.41) is 15.1. The van der Waals surface area contributed by atoms with Crippen molar-refractivity contribution in [2.75, 3.05) is 20.1 Å². The predicted molar refractivity (Wildman–Crippen MR) is 234 cm³/mol.